The standard InChI is InChI=1S/C22H18BrClO5/c1-10-5-14(19(8-15(10)23)28-13-6-12(7-13)11(2)25)20-9-18(27)21-17(26)4-3-16(24)22(21)29-20/h3-5,8-9,12-13,26H,6-7H2,1-2H3/t12-,13+. The number of phenolic OH excluding ortho intramolecular Hbond substituents is 1. The zero-order valence-corrected chi connectivity index (χ0v) is 18.1. The van der Waals surface area contributed by atoms with E-state index in [1.54, 1.807) is 6.92 Å². The van der Waals surface area contributed by atoms with E-state index >= 15 is 0 Å². The lowest BCUT2D eigenvalue weighted by molar-refractivity contribution is -0.126. The highest BCUT2D eigenvalue weighted by atomic mass is 79.9. The summed E-state index contributed by atoms with van der Waals surface area (Å²) in [5.74, 6) is 0.872. The first-order valence-corrected chi connectivity index (χ1v) is 10.3. The van der Waals surface area contributed by atoms with Gasteiger partial charge in [0.2, 0.25) is 0 Å². The number of aryl methyl sites for hydroxylation is 1. The number of Topliss-reactive ketones (excluding diaryl/α,β-unsaturated/α-hetero) is 1. The third-order valence-electron chi connectivity index (χ3n) is 5.30. The third kappa shape index (κ3) is 3.67. The summed E-state index contributed by atoms with van der Waals surface area (Å²) in [7, 11) is 0. The Bertz CT molecular complexity index is 1190. The van der Waals surface area contributed by atoms with Gasteiger partial charge in [0, 0.05) is 16.5 Å². The summed E-state index contributed by atoms with van der Waals surface area (Å²) < 4.78 is 12.9. The molecule has 3 aromatic rings. The van der Waals surface area contributed by atoms with Gasteiger partial charge in [-0.05, 0) is 56.5 Å². The highest BCUT2D eigenvalue weighted by molar-refractivity contribution is 9.10. The fourth-order valence-electron chi connectivity index (χ4n) is 3.47. The average Bonchev–Trinajstić information content (AvgIpc) is 2.62. The molecule has 0 atom stereocenters. The van der Waals surface area contributed by atoms with Crippen molar-refractivity contribution in [1.29, 1.82) is 0 Å². The minimum absolute atomic E-state index is 0.0396. The number of phenols is 1. The molecule has 150 valence electrons. The Kier molecular flexibility index (Phi) is 5.17. The van der Waals surface area contributed by atoms with Crippen LogP contribution in [0.4, 0.5) is 0 Å². The highest BCUT2D eigenvalue weighted by Crippen LogP contribution is 2.40. The molecule has 0 amide bonds. The number of hydrogen-bond acceptors (Lipinski definition) is 5. The molecule has 1 saturated carbocycles. The van der Waals surface area contributed by atoms with Crippen LogP contribution in [-0.2, 0) is 4.79 Å². The number of aromatic hydroxyl groups is 1. The van der Waals surface area contributed by atoms with Gasteiger partial charge in [-0.2, -0.15) is 0 Å². The molecule has 1 heterocycles. The molecular formula is C22H18BrClO5. The average molecular weight is 478 g/mol. The van der Waals surface area contributed by atoms with E-state index in [1.165, 1.54) is 18.2 Å². The summed E-state index contributed by atoms with van der Waals surface area (Å²) in [4.78, 5) is 24.1. The van der Waals surface area contributed by atoms with Crippen LogP contribution < -0.4 is 10.2 Å². The van der Waals surface area contributed by atoms with Crippen LogP contribution in [-0.4, -0.2) is 17.0 Å². The van der Waals surface area contributed by atoms with Crippen molar-refractivity contribution in [2.24, 2.45) is 5.92 Å². The number of hydrogen-bond donors (Lipinski definition) is 1. The Morgan fingerprint density at radius 2 is 2.00 bits per heavy atom. The van der Waals surface area contributed by atoms with Crippen LogP contribution in [0.15, 0.2) is 44.0 Å². The second-order valence-corrected chi connectivity index (χ2v) is 8.62. The fourth-order valence-corrected chi connectivity index (χ4v) is 3.99. The van der Waals surface area contributed by atoms with Crippen LogP contribution in [0.5, 0.6) is 11.5 Å². The predicted molar refractivity (Wildman–Crippen MR) is 115 cm³/mol. The summed E-state index contributed by atoms with van der Waals surface area (Å²) in [6.07, 6.45) is 1.26. The normalized spacial score (nSPS) is 18.5. The van der Waals surface area contributed by atoms with Crippen molar-refractivity contribution in [2.45, 2.75) is 32.8 Å². The third-order valence-corrected chi connectivity index (χ3v) is 6.45. The molecule has 1 aliphatic carbocycles. The van der Waals surface area contributed by atoms with Crippen molar-refractivity contribution >= 4 is 44.3 Å². The van der Waals surface area contributed by atoms with Gasteiger partial charge in [-0.15, -0.1) is 0 Å². The Morgan fingerprint density at radius 3 is 2.69 bits per heavy atom. The van der Waals surface area contributed by atoms with E-state index in [0.29, 0.717) is 29.9 Å². The monoisotopic (exact) mass is 476 g/mol. The number of ether oxygens (including phenoxy) is 1. The molecule has 7 heteroatoms. The van der Waals surface area contributed by atoms with Crippen LogP contribution >= 0.6 is 27.5 Å². The van der Waals surface area contributed by atoms with Gasteiger partial charge in [0.25, 0.3) is 0 Å². The largest absolute Gasteiger partial charge is 0.507 e. The Labute approximate surface area is 180 Å². The Morgan fingerprint density at radius 1 is 1.28 bits per heavy atom. The van der Waals surface area contributed by atoms with E-state index in [2.05, 4.69) is 15.9 Å². The molecule has 1 aliphatic rings. The summed E-state index contributed by atoms with van der Waals surface area (Å²) in [5.41, 5.74) is 1.27. The molecule has 0 aliphatic heterocycles. The first-order valence-electron chi connectivity index (χ1n) is 9.17. The number of benzene rings is 2. The summed E-state index contributed by atoms with van der Waals surface area (Å²) in [6.45, 7) is 3.52. The smallest absolute Gasteiger partial charge is 0.197 e. The number of carbonyl (C=O) groups excluding carboxylic acids is 1. The lowest BCUT2D eigenvalue weighted by atomic mass is 9.80. The van der Waals surface area contributed by atoms with Crippen LogP contribution in [0.3, 0.4) is 0 Å². The minimum Gasteiger partial charge on any atom is -0.507 e. The second-order valence-electron chi connectivity index (χ2n) is 7.36. The van der Waals surface area contributed by atoms with Crippen LogP contribution in [0.25, 0.3) is 22.3 Å². The molecule has 1 aromatic heterocycles. The SMILES string of the molecule is Cc1cc(-c2cc(=O)c3c(O)ccc(Cl)c3o2)c(O[C@H]2C[C@@H](C(C)=O)C2)cc1Br. The van der Waals surface area contributed by atoms with Gasteiger partial charge in [-0.25, -0.2) is 0 Å². The maximum atomic E-state index is 12.7. The number of carbonyl (C=O) groups is 1. The highest BCUT2D eigenvalue weighted by Gasteiger charge is 2.34. The Hall–Kier alpha value is -2.31. The number of ketones is 1. The van der Waals surface area contributed by atoms with Crippen molar-refractivity contribution in [1.82, 2.24) is 0 Å². The molecule has 1 N–H and O–H groups in total. The summed E-state index contributed by atoms with van der Waals surface area (Å²) in [6, 6.07) is 7.86. The zero-order valence-electron chi connectivity index (χ0n) is 15.8. The lowest BCUT2D eigenvalue weighted by Crippen LogP contribution is -2.37. The van der Waals surface area contributed by atoms with E-state index in [1.807, 2.05) is 19.1 Å². The topological polar surface area (TPSA) is 76.7 Å². The molecule has 5 nitrogen and oxygen atoms in total. The van der Waals surface area contributed by atoms with Gasteiger partial charge in [0.1, 0.15) is 34.5 Å². The first-order chi connectivity index (χ1) is 13.7. The van der Waals surface area contributed by atoms with E-state index in [9.17, 15) is 14.7 Å². The van der Waals surface area contributed by atoms with Gasteiger partial charge in [-0.3, -0.25) is 9.59 Å². The molecule has 0 unspecified atom stereocenters. The molecule has 2 aromatic carbocycles. The maximum absolute atomic E-state index is 12.7. The zero-order chi connectivity index (χ0) is 20.9. The van der Waals surface area contributed by atoms with Gasteiger partial charge in [-0.1, -0.05) is 27.5 Å². The molecule has 0 radical (unpaired) electrons. The first kappa shape index (κ1) is 20.0. The molecule has 0 spiro atoms. The summed E-state index contributed by atoms with van der Waals surface area (Å²) in [5, 5.41) is 10.3. The van der Waals surface area contributed by atoms with Gasteiger partial charge >= 0.3 is 0 Å². The molecule has 0 saturated heterocycles. The van der Waals surface area contributed by atoms with Gasteiger partial charge < -0.3 is 14.3 Å². The van der Waals surface area contributed by atoms with E-state index in [0.717, 1.165) is 10.0 Å². The van der Waals surface area contributed by atoms with Crippen LogP contribution in [0, 0.1) is 12.8 Å². The van der Waals surface area contributed by atoms with E-state index in [-0.39, 0.29) is 39.5 Å². The quantitative estimate of drug-likeness (QED) is 0.526. The van der Waals surface area contributed by atoms with Crippen molar-refractivity contribution < 1.29 is 19.1 Å². The summed E-state index contributed by atoms with van der Waals surface area (Å²) >= 11 is 9.72. The molecule has 0 bridgehead atoms. The van der Waals surface area contributed by atoms with E-state index < -0.39 is 5.43 Å². The van der Waals surface area contributed by atoms with Crippen molar-refractivity contribution in [2.75, 3.05) is 0 Å². The second kappa shape index (κ2) is 7.50. The maximum Gasteiger partial charge on any atom is 0.197 e. The fraction of sp³-hybridized carbons (Fsp3) is 0.273. The predicted octanol–water partition coefficient (Wildman–Crippen LogP) is 5.64. The molecular weight excluding hydrogens is 460 g/mol. The number of rotatable bonds is 4. The van der Waals surface area contributed by atoms with Crippen molar-refractivity contribution in [3.05, 3.63) is 55.6 Å². The Balaban J connectivity index is 1.81. The van der Waals surface area contributed by atoms with Crippen LogP contribution in [0.1, 0.15) is 25.3 Å². The lowest BCUT2D eigenvalue weighted by Gasteiger charge is -2.34. The molecule has 29 heavy (non-hydrogen) atoms. The van der Waals surface area contributed by atoms with Crippen LogP contribution in [0.2, 0.25) is 5.02 Å². The van der Waals surface area contributed by atoms with E-state index in [4.69, 9.17) is 20.8 Å². The minimum atomic E-state index is -0.395. The number of halogens is 2. The van der Waals surface area contributed by atoms with Gasteiger partial charge in [0.15, 0.2) is 11.0 Å². The number of fused-ring (bicyclic) bond motifs is 1. The van der Waals surface area contributed by atoms with Crippen molar-refractivity contribution in [3.8, 4) is 22.8 Å². The molecule has 1 fully saturated rings. The van der Waals surface area contributed by atoms with Crippen molar-refractivity contribution in [3.63, 3.8) is 0 Å². The molecule has 4 rings (SSSR count). The van der Waals surface area contributed by atoms with Gasteiger partial charge in [0.05, 0.1) is 10.6 Å².